The minimum atomic E-state index is -4.63. The summed E-state index contributed by atoms with van der Waals surface area (Å²) in [4.78, 5) is 34.5. The number of esters is 2. The number of hydrogen-bond donors (Lipinski definition) is 3. The summed E-state index contributed by atoms with van der Waals surface area (Å²) < 4.78 is 32.6. The van der Waals surface area contributed by atoms with E-state index >= 15 is 0 Å². The van der Waals surface area contributed by atoms with Gasteiger partial charge < -0.3 is 24.6 Å². The van der Waals surface area contributed by atoms with Crippen molar-refractivity contribution in [1.82, 2.24) is 0 Å². The maximum absolute atomic E-state index is 12.4. The van der Waals surface area contributed by atoms with Gasteiger partial charge in [-0.2, -0.15) is 0 Å². The lowest BCUT2D eigenvalue weighted by molar-refractivity contribution is -0.153. The van der Waals surface area contributed by atoms with Gasteiger partial charge in [-0.25, -0.2) is 4.57 Å². The first-order valence-electron chi connectivity index (χ1n) is 23.0. The van der Waals surface area contributed by atoms with Gasteiger partial charge in [0, 0.05) is 12.8 Å². The van der Waals surface area contributed by atoms with Gasteiger partial charge in [0.1, 0.15) is 12.2 Å². The minimum absolute atomic E-state index is 0.199. The predicted molar refractivity (Wildman–Crippen MR) is 224 cm³/mol. The van der Waals surface area contributed by atoms with Gasteiger partial charge in [-0.3, -0.25) is 18.6 Å². The number of hydrogen-bond acceptors (Lipinski definition) is 9. The molecule has 0 radical (unpaired) electrons. The fourth-order valence-corrected chi connectivity index (χ4v) is 7.55. The zero-order chi connectivity index (χ0) is 40.5. The number of unbranched alkanes of at least 4 members (excludes halogenated alkanes) is 30. The number of ether oxygens (including phenoxy) is 2. The van der Waals surface area contributed by atoms with E-state index in [-0.39, 0.29) is 12.8 Å². The molecule has 10 nitrogen and oxygen atoms in total. The fourth-order valence-electron chi connectivity index (χ4n) is 6.76. The molecule has 0 heterocycles. The molecule has 0 rings (SSSR count). The van der Waals surface area contributed by atoms with E-state index in [2.05, 4.69) is 13.8 Å². The molecular weight excluding hydrogens is 719 g/mol. The summed E-state index contributed by atoms with van der Waals surface area (Å²) in [6.07, 6.45) is 37.9. The van der Waals surface area contributed by atoms with Gasteiger partial charge in [-0.1, -0.05) is 206 Å². The molecule has 0 aliphatic carbocycles. The SMILES string of the molecule is CCCCCCCCCCCCCCCCCCCCCC(=O)OC(CO)COP(=O)(O)OCC(CO)OC(=O)CCCCCCCCCCCCCCC. The Morgan fingerprint density at radius 3 is 0.855 bits per heavy atom. The average Bonchev–Trinajstić information content (AvgIpc) is 3.17. The highest BCUT2D eigenvalue weighted by Gasteiger charge is 2.27. The van der Waals surface area contributed by atoms with Crippen LogP contribution in [-0.4, -0.2) is 65.7 Å². The molecule has 0 saturated heterocycles. The highest BCUT2D eigenvalue weighted by molar-refractivity contribution is 7.47. The molecule has 55 heavy (non-hydrogen) atoms. The molecule has 0 bridgehead atoms. The molecule has 3 atom stereocenters. The van der Waals surface area contributed by atoms with Crippen molar-refractivity contribution in [3.63, 3.8) is 0 Å². The van der Waals surface area contributed by atoms with Crippen LogP contribution in [0.5, 0.6) is 0 Å². The lowest BCUT2D eigenvalue weighted by Crippen LogP contribution is -2.28. The Bertz CT molecular complexity index is 889. The normalized spacial score (nSPS) is 13.8. The minimum Gasteiger partial charge on any atom is -0.457 e. The van der Waals surface area contributed by atoms with Crippen LogP contribution < -0.4 is 0 Å². The molecular formula is C44H87O10P. The second-order valence-electron chi connectivity index (χ2n) is 15.8. The largest absolute Gasteiger partial charge is 0.472 e. The number of aliphatic hydroxyl groups is 2. The highest BCUT2D eigenvalue weighted by atomic mass is 31.2. The molecule has 0 saturated carbocycles. The van der Waals surface area contributed by atoms with Crippen molar-refractivity contribution in [2.45, 2.75) is 244 Å². The third-order valence-corrected chi connectivity index (χ3v) is 11.3. The van der Waals surface area contributed by atoms with Gasteiger partial charge in [0.05, 0.1) is 26.4 Å². The molecule has 0 aliphatic rings. The van der Waals surface area contributed by atoms with Crippen LogP contribution in [0.15, 0.2) is 0 Å². The van der Waals surface area contributed by atoms with E-state index in [9.17, 15) is 29.3 Å². The number of phosphoric acid groups is 1. The van der Waals surface area contributed by atoms with Crippen LogP contribution in [0.1, 0.15) is 232 Å². The van der Waals surface area contributed by atoms with Gasteiger partial charge in [-0.05, 0) is 12.8 Å². The van der Waals surface area contributed by atoms with E-state index in [1.54, 1.807) is 0 Å². The van der Waals surface area contributed by atoms with E-state index in [0.29, 0.717) is 12.8 Å². The van der Waals surface area contributed by atoms with E-state index in [1.807, 2.05) is 0 Å². The van der Waals surface area contributed by atoms with Gasteiger partial charge in [0.25, 0.3) is 0 Å². The molecule has 0 amide bonds. The zero-order valence-electron chi connectivity index (χ0n) is 35.7. The number of aliphatic hydroxyl groups excluding tert-OH is 2. The van der Waals surface area contributed by atoms with Crippen LogP contribution in [0.25, 0.3) is 0 Å². The maximum Gasteiger partial charge on any atom is 0.472 e. The summed E-state index contributed by atoms with van der Waals surface area (Å²) in [6.45, 7) is 2.25. The molecule has 0 aromatic carbocycles. The van der Waals surface area contributed by atoms with Gasteiger partial charge >= 0.3 is 19.8 Å². The van der Waals surface area contributed by atoms with Crippen molar-refractivity contribution in [2.24, 2.45) is 0 Å². The van der Waals surface area contributed by atoms with Gasteiger partial charge in [0.15, 0.2) is 0 Å². The number of carbonyl (C=O) groups is 2. The summed E-state index contributed by atoms with van der Waals surface area (Å²) in [6, 6.07) is 0. The molecule has 0 spiro atoms. The Morgan fingerprint density at radius 1 is 0.418 bits per heavy atom. The molecule has 11 heteroatoms. The molecule has 3 unspecified atom stereocenters. The topological polar surface area (TPSA) is 149 Å². The number of rotatable bonds is 44. The van der Waals surface area contributed by atoms with Crippen LogP contribution in [0, 0.1) is 0 Å². The van der Waals surface area contributed by atoms with Crippen molar-refractivity contribution in [1.29, 1.82) is 0 Å². The van der Waals surface area contributed by atoms with E-state index in [0.717, 1.165) is 38.5 Å². The first-order chi connectivity index (χ1) is 26.8. The van der Waals surface area contributed by atoms with E-state index in [1.165, 1.54) is 154 Å². The Hall–Kier alpha value is -1.03. The summed E-state index contributed by atoms with van der Waals surface area (Å²) >= 11 is 0. The van der Waals surface area contributed by atoms with Gasteiger partial charge in [0.2, 0.25) is 0 Å². The molecule has 0 aromatic rings. The summed E-state index contributed by atoms with van der Waals surface area (Å²) in [7, 11) is -4.63. The Labute approximate surface area is 337 Å². The van der Waals surface area contributed by atoms with Crippen LogP contribution in [0.2, 0.25) is 0 Å². The smallest absolute Gasteiger partial charge is 0.457 e. The summed E-state index contributed by atoms with van der Waals surface area (Å²) in [5, 5.41) is 19.2. The zero-order valence-corrected chi connectivity index (χ0v) is 36.6. The monoisotopic (exact) mass is 807 g/mol. The Balaban J connectivity index is 3.84. The van der Waals surface area contributed by atoms with Crippen molar-refractivity contribution in [2.75, 3.05) is 26.4 Å². The van der Waals surface area contributed by atoms with Crippen LogP contribution in [-0.2, 0) is 32.7 Å². The Kier molecular flexibility index (Phi) is 40.4. The molecule has 0 aliphatic heterocycles. The second kappa shape index (κ2) is 41.1. The quantitative estimate of drug-likeness (QED) is 0.0308. The first-order valence-corrected chi connectivity index (χ1v) is 24.5. The van der Waals surface area contributed by atoms with Crippen molar-refractivity contribution in [3.8, 4) is 0 Å². The van der Waals surface area contributed by atoms with Crippen LogP contribution >= 0.6 is 7.82 Å². The second-order valence-corrected chi connectivity index (χ2v) is 17.2. The molecule has 0 aromatic heterocycles. The molecule has 0 fully saturated rings. The maximum atomic E-state index is 12.4. The highest BCUT2D eigenvalue weighted by Crippen LogP contribution is 2.43. The van der Waals surface area contributed by atoms with Crippen molar-refractivity contribution < 1.29 is 47.8 Å². The molecule has 3 N–H and O–H groups in total. The number of phosphoric ester groups is 1. The number of carbonyl (C=O) groups excluding carboxylic acids is 2. The van der Waals surface area contributed by atoms with Crippen molar-refractivity contribution >= 4 is 19.8 Å². The first kappa shape index (κ1) is 54.0. The summed E-state index contributed by atoms with van der Waals surface area (Å²) in [5.41, 5.74) is 0. The summed E-state index contributed by atoms with van der Waals surface area (Å²) in [5.74, 6) is -1.00. The lowest BCUT2D eigenvalue weighted by Gasteiger charge is -2.20. The Morgan fingerprint density at radius 2 is 0.636 bits per heavy atom. The predicted octanol–water partition coefficient (Wildman–Crippen LogP) is 12.2. The average molecular weight is 807 g/mol. The lowest BCUT2D eigenvalue weighted by atomic mass is 10.0. The molecule has 328 valence electrons. The third-order valence-electron chi connectivity index (χ3n) is 10.3. The fraction of sp³-hybridized carbons (Fsp3) is 0.955. The standard InChI is InChI=1S/C44H87O10P/c1-3-5-7-9-11-13-15-17-18-19-20-21-22-24-26-28-30-32-34-36-44(48)54-42(38-46)40-52-55(49,50)51-39-41(37-45)53-43(47)35-33-31-29-27-25-23-16-14-12-10-8-6-4-2/h41-42,45-46H,3-40H2,1-2H3,(H,49,50). The van der Waals surface area contributed by atoms with Crippen molar-refractivity contribution in [3.05, 3.63) is 0 Å². The van der Waals surface area contributed by atoms with Crippen LogP contribution in [0.4, 0.5) is 0 Å². The van der Waals surface area contributed by atoms with E-state index < -0.39 is 58.4 Å². The third kappa shape index (κ3) is 39.6. The van der Waals surface area contributed by atoms with E-state index in [4.69, 9.17) is 18.5 Å². The van der Waals surface area contributed by atoms with Gasteiger partial charge in [-0.15, -0.1) is 0 Å². The van der Waals surface area contributed by atoms with Crippen LogP contribution in [0.3, 0.4) is 0 Å².